The summed E-state index contributed by atoms with van der Waals surface area (Å²) >= 11 is 0. The number of rotatable bonds is 4. The van der Waals surface area contributed by atoms with E-state index in [9.17, 15) is 0 Å². The van der Waals surface area contributed by atoms with Crippen molar-refractivity contribution in [2.24, 2.45) is 17.6 Å². The Hall–Kier alpha value is -0.120. The minimum Gasteiger partial charge on any atom is -0.383 e. The molecular formula is C11H24N2O. The molecule has 0 amide bonds. The largest absolute Gasteiger partial charge is 0.383 e. The number of hydrogen-bond acceptors (Lipinski definition) is 3. The first kappa shape index (κ1) is 12.0. The fourth-order valence-electron chi connectivity index (χ4n) is 2.16. The zero-order valence-electron chi connectivity index (χ0n) is 9.92. The molecule has 1 fully saturated rings. The molecule has 0 aromatic rings. The summed E-state index contributed by atoms with van der Waals surface area (Å²) in [4.78, 5) is 2.48. The second-order valence-electron chi connectivity index (χ2n) is 4.99. The van der Waals surface area contributed by atoms with Gasteiger partial charge in [-0.05, 0) is 18.8 Å². The molecule has 0 radical (unpaired) electrons. The van der Waals surface area contributed by atoms with Gasteiger partial charge >= 0.3 is 0 Å². The van der Waals surface area contributed by atoms with E-state index < -0.39 is 0 Å². The number of nitrogens with zero attached hydrogens (tertiary/aromatic N) is 1. The van der Waals surface area contributed by atoms with Crippen LogP contribution in [0, 0.1) is 11.8 Å². The van der Waals surface area contributed by atoms with E-state index in [1.54, 1.807) is 7.11 Å². The van der Waals surface area contributed by atoms with E-state index in [1.165, 1.54) is 0 Å². The van der Waals surface area contributed by atoms with Crippen molar-refractivity contribution in [1.82, 2.24) is 4.90 Å². The van der Waals surface area contributed by atoms with Gasteiger partial charge in [0, 0.05) is 26.7 Å². The highest BCUT2D eigenvalue weighted by Crippen LogP contribution is 2.28. The Bertz CT molecular complexity index is 176. The number of hydrogen-bond donors (Lipinski definition) is 1. The topological polar surface area (TPSA) is 38.5 Å². The molecule has 1 aliphatic heterocycles. The molecule has 2 N–H and O–H groups in total. The molecule has 1 heterocycles. The summed E-state index contributed by atoms with van der Waals surface area (Å²) in [6, 6.07) is 0. The van der Waals surface area contributed by atoms with E-state index >= 15 is 0 Å². The molecule has 3 nitrogen and oxygen atoms in total. The highest BCUT2D eigenvalue weighted by atomic mass is 16.5. The summed E-state index contributed by atoms with van der Waals surface area (Å²) in [6.45, 7) is 10.5. The van der Waals surface area contributed by atoms with Gasteiger partial charge in [-0.1, -0.05) is 13.8 Å². The number of methoxy groups -OCH3 is 1. The first-order chi connectivity index (χ1) is 6.53. The van der Waals surface area contributed by atoms with Crippen LogP contribution in [0.1, 0.15) is 20.8 Å². The van der Waals surface area contributed by atoms with Crippen LogP contribution in [0.5, 0.6) is 0 Å². The quantitative estimate of drug-likeness (QED) is 0.734. The van der Waals surface area contributed by atoms with Gasteiger partial charge in [-0.15, -0.1) is 0 Å². The van der Waals surface area contributed by atoms with Gasteiger partial charge in [0.05, 0.1) is 12.1 Å². The molecule has 0 aliphatic carbocycles. The van der Waals surface area contributed by atoms with Crippen molar-refractivity contribution in [3.63, 3.8) is 0 Å². The van der Waals surface area contributed by atoms with E-state index in [2.05, 4.69) is 25.7 Å². The minimum atomic E-state index is 0.0216. The lowest BCUT2D eigenvalue weighted by atomic mass is 10.0. The van der Waals surface area contributed by atoms with Crippen LogP contribution in [0.4, 0.5) is 0 Å². The molecule has 3 heteroatoms. The summed E-state index contributed by atoms with van der Waals surface area (Å²) < 4.78 is 5.26. The standard InChI is InChI=1S/C11H24N2O/c1-9-5-13(6-10(9)2)11(3,7-12)8-14-4/h9-10H,5-8,12H2,1-4H3. The molecule has 0 aromatic carbocycles. The maximum atomic E-state index is 5.84. The highest BCUT2D eigenvalue weighted by molar-refractivity contribution is 4.93. The Kier molecular flexibility index (Phi) is 3.93. The number of nitrogens with two attached hydrogens (primary N) is 1. The van der Waals surface area contributed by atoms with Gasteiger partial charge < -0.3 is 10.5 Å². The predicted octanol–water partition coefficient (Wildman–Crippen LogP) is 0.938. The van der Waals surface area contributed by atoms with Crippen LogP contribution in [0.3, 0.4) is 0 Å². The van der Waals surface area contributed by atoms with Crippen LogP contribution >= 0.6 is 0 Å². The monoisotopic (exact) mass is 200 g/mol. The van der Waals surface area contributed by atoms with Crippen LogP contribution in [0.2, 0.25) is 0 Å². The maximum absolute atomic E-state index is 5.84. The fraction of sp³-hybridized carbons (Fsp3) is 1.00. The summed E-state index contributed by atoms with van der Waals surface area (Å²) in [5.41, 5.74) is 5.86. The molecule has 0 saturated carbocycles. The molecule has 3 unspecified atom stereocenters. The van der Waals surface area contributed by atoms with Gasteiger partial charge in [-0.2, -0.15) is 0 Å². The lowest BCUT2D eigenvalue weighted by Gasteiger charge is -2.37. The Morgan fingerprint density at radius 1 is 1.36 bits per heavy atom. The van der Waals surface area contributed by atoms with Crippen LogP contribution < -0.4 is 5.73 Å². The lowest BCUT2D eigenvalue weighted by Crippen LogP contribution is -2.53. The van der Waals surface area contributed by atoms with E-state index in [0.717, 1.165) is 31.5 Å². The van der Waals surface area contributed by atoms with Crippen LogP contribution in [0.15, 0.2) is 0 Å². The Balaban J connectivity index is 2.62. The number of ether oxygens (including phenoxy) is 1. The van der Waals surface area contributed by atoms with Crippen LogP contribution in [-0.4, -0.2) is 43.8 Å². The molecule has 14 heavy (non-hydrogen) atoms. The van der Waals surface area contributed by atoms with Crippen molar-refractivity contribution in [2.45, 2.75) is 26.3 Å². The van der Waals surface area contributed by atoms with Crippen LogP contribution in [-0.2, 0) is 4.74 Å². The summed E-state index contributed by atoms with van der Waals surface area (Å²) in [5.74, 6) is 1.55. The fourth-order valence-corrected chi connectivity index (χ4v) is 2.16. The molecular weight excluding hydrogens is 176 g/mol. The Morgan fingerprint density at radius 2 is 1.86 bits per heavy atom. The van der Waals surface area contributed by atoms with Crippen molar-refractivity contribution in [3.05, 3.63) is 0 Å². The molecule has 84 valence electrons. The third kappa shape index (κ3) is 2.27. The molecule has 0 spiro atoms. The predicted molar refractivity (Wildman–Crippen MR) is 59.2 cm³/mol. The van der Waals surface area contributed by atoms with Gasteiger partial charge in [-0.25, -0.2) is 0 Å². The summed E-state index contributed by atoms with van der Waals surface area (Å²) in [7, 11) is 1.75. The molecule has 1 rings (SSSR count). The second-order valence-corrected chi connectivity index (χ2v) is 4.99. The van der Waals surface area contributed by atoms with Crippen LogP contribution in [0.25, 0.3) is 0 Å². The lowest BCUT2D eigenvalue weighted by molar-refractivity contribution is 0.0390. The van der Waals surface area contributed by atoms with Gasteiger partial charge in [0.1, 0.15) is 0 Å². The highest BCUT2D eigenvalue weighted by Gasteiger charge is 2.37. The molecule has 0 bridgehead atoms. The van der Waals surface area contributed by atoms with Gasteiger partial charge in [0.25, 0.3) is 0 Å². The third-order valence-corrected chi connectivity index (χ3v) is 3.65. The van der Waals surface area contributed by atoms with Gasteiger partial charge in [0.2, 0.25) is 0 Å². The minimum absolute atomic E-state index is 0.0216. The SMILES string of the molecule is COCC(C)(CN)N1CC(C)C(C)C1. The molecule has 1 aliphatic rings. The molecule has 0 aromatic heterocycles. The van der Waals surface area contributed by atoms with Gasteiger partial charge in [-0.3, -0.25) is 4.90 Å². The first-order valence-corrected chi connectivity index (χ1v) is 5.47. The normalized spacial score (nSPS) is 33.2. The van der Waals surface area contributed by atoms with Crippen molar-refractivity contribution in [2.75, 3.05) is 33.4 Å². The average Bonchev–Trinajstić information content (AvgIpc) is 2.48. The molecule has 1 saturated heterocycles. The average molecular weight is 200 g/mol. The second kappa shape index (κ2) is 4.60. The zero-order chi connectivity index (χ0) is 10.8. The van der Waals surface area contributed by atoms with Crippen molar-refractivity contribution < 1.29 is 4.74 Å². The summed E-state index contributed by atoms with van der Waals surface area (Å²) in [5, 5.41) is 0. The number of likely N-dealkylation sites (tertiary alicyclic amines) is 1. The van der Waals surface area contributed by atoms with Crippen molar-refractivity contribution >= 4 is 0 Å². The van der Waals surface area contributed by atoms with Gasteiger partial charge in [0.15, 0.2) is 0 Å². The van der Waals surface area contributed by atoms with E-state index in [1.807, 2.05) is 0 Å². The van der Waals surface area contributed by atoms with E-state index in [0.29, 0.717) is 6.54 Å². The van der Waals surface area contributed by atoms with E-state index in [4.69, 9.17) is 10.5 Å². The zero-order valence-corrected chi connectivity index (χ0v) is 9.92. The summed E-state index contributed by atoms with van der Waals surface area (Å²) in [6.07, 6.45) is 0. The first-order valence-electron chi connectivity index (χ1n) is 5.47. The van der Waals surface area contributed by atoms with Crippen molar-refractivity contribution in [1.29, 1.82) is 0 Å². The maximum Gasteiger partial charge on any atom is 0.0656 e. The molecule has 3 atom stereocenters. The van der Waals surface area contributed by atoms with Crippen molar-refractivity contribution in [3.8, 4) is 0 Å². The third-order valence-electron chi connectivity index (χ3n) is 3.65. The van der Waals surface area contributed by atoms with E-state index in [-0.39, 0.29) is 5.54 Å². The Morgan fingerprint density at radius 3 is 2.21 bits per heavy atom. The smallest absolute Gasteiger partial charge is 0.0656 e. The Labute approximate surface area is 87.6 Å².